The molecule has 0 fully saturated rings. The van der Waals surface area contributed by atoms with Crippen molar-refractivity contribution in [1.29, 1.82) is 0 Å². The molecular weight excluding hydrogens is 500 g/mol. The Hall–Kier alpha value is -2.12. The summed E-state index contributed by atoms with van der Waals surface area (Å²) in [7, 11) is 0. The summed E-state index contributed by atoms with van der Waals surface area (Å²) in [5, 5.41) is 0. The van der Waals surface area contributed by atoms with Crippen LogP contribution in [0.1, 0.15) is 144 Å². The van der Waals surface area contributed by atoms with Crippen LogP contribution in [0.3, 0.4) is 0 Å². The number of carbonyl (C=O) groups excluding carboxylic acids is 4. The average molecular weight is 559 g/mol. The Balaban J connectivity index is 0. The van der Waals surface area contributed by atoms with Gasteiger partial charge in [-0.05, 0) is 32.1 Å². The zero-order valence-electron chi connectivity index (χ0n) is 25.9. The van der Waals surface area contributed by atoms with Gasteiger partial charge in [0.25, 0.3) is 0 Å². The molecule has 0 heterocycles. The van der Waals surface area contributed by atoms with Gasteiger partial charge in [0.05, 0.1) is 51.6 Å². The van der Waals surface area contributed by atoms with Crippen LogP contribution in [0.4, 0.5) is 0 Å². The zero-order valence-corrected chi connectivity index (χ0v) is 25.9. The first-order valence-corrected chi connectivity index (χ1v) is 15.3. The van der Waals surface area contributed by atoms with Gasteiger partial charge in [-0.25, -0.2) is 0 Å². The highest BCUT2D eigenvalue weighted by molar-refractivity contribution is 5.78. The van der Waals surface area contributed by atoms with Gasteiger partial charge in [0.2, 0.25) is 0 Å². The van der Waals surface area contributed by atoms with Crippen molar-refractivity contribution in [2.45, 2.75) is 150 Å². The standard InChI is InChI=1S/C16H30O4.C15H28O4/c1-4-6-7-8-9-10-13-19-15(17)11-12-16(18)20-14(3)5-2;1-4-5-6-7-8-11-18-14(16)9-10-15(17)19-12-13(2)3/h14H,4-13H2,1-3H3;13H,4-12H2,1-3H3. The van der Waals surface area contributed by atoms with Crippen molar-refractivity contribution in [3.05, 3.63) is 0 Å². The van der Waals surface area contributed by atoms with Crippen molar-refractivity contribution in [3.8, 4) is 0 Å². The predicted molar refractivity (Wildman–Crippen MR) is 154 cm³/mol. The van der Waals surface area contributed by atoms with Crippen LogP contribution in [0, 0.1) is 5.92 Å². The molecule has 0 aromatic rings. The highest BCUT2D eigenvalue weighted by Crippen LogP contribution is 2.07. The summed E-state index contributed by atoms with van der Waals surface area (Å²) in [5.41, 5.74) is 0. The van der Waals surface area contributed by atoms with Gasteiger partial charge in [-0.1, -0.05) is 92.4 Å². The van der Waals surface area contributed by atoms with Crippen LogP contribution in [0.2, 0.25) is 0 Å². The minimum atomic E-state index is -0.325. The molecule has 0 saturated carbocycles. The van der Waals surface area contributed by atoms with Crippen molar-refractivity contribution >= 4 is 23.9 Å². The first-order valence-electron chi connectivity index (χ1n) is 15.3. The molecule has 230 valence electrons. The van der Waals surface area contributed by atoms with E-state index in [4.69, 9.17) is 18.9 Å². The molecule has 0 amide bonds. The topological polar surface area (TPSA) is 105 Å². The minimum Gasteiger partial charge on any atom is -0.466 e. The van der Waals surface area contributed by atoms with E-state index in [1.807, 2.05) is 27.7 Å². The molecule has 0 rings (SSSR count). The summed E-state index contributed by atoms with van der Waals surface area (Å²) in [6.07, 6.45) is 13.8. The first kappa shape index (κ1) is 39.0. The minimum absolute atomic E-state index is 0.0818. The fourth-order valence-corrected chi connectivity index (χ4v) is 3.21. The Morgan fingerprint density at radius 1 is 0.513 bits per heavy atom. The number of unbranched alkanes of at least 4 members (excludes halogenated alkanes) is 9. The normalized spacial score (nSPS) is 11.3. The third-order valence-electron chi connectivity index (χ3n) is 5.82. The maximum Gasteiger partial charge on any atom is 0.306 e. The smallest absolute Gasteiger partial charge is 0.306 e. The summed E-state index contributed by atoms with van der Waals surface area (Å²) in [5.74, 6) is -0.944. The second kappa shape index (κ2) is 28.9. The number of carbonyl (C=O) groups is 4. The van der Waals surface area contributed by atoms with Gasteiger partial charge in [-0.2, -0.15) is 0 Å². The molecule has 8 nitrogen and oxygen atoms in total. The second-order valence-corrected chi connectivity index (χ2v) is 10.4. The molecule has 0 bridgehead atoms. The van der Waals surface area contributed by atoms with Crippen LogP contribution in [0.5, 0.6) is 0 Å². The monoisotopic (exact) mass is 558 g/mol. The van der Waals surface area contributed by atoms with Gasteiger partial charge in [0.1, 0.15) is 0 Å². The van der Waals surface area contributed by atoms with Crippen molar-refractivity contribution < 1.29 is 38.1 Å². The Bertz CT molecular complexity index is 618. The molecule has 0 aromatic carbocycles. The zero-order chi connectivity index (χ0) is 29.7. The van der Waals surface area contributed by atoms with Crippen LogP contribution >= 0.6 is 0 Å². The van der Waals surface area contributed by atoms with E-state index in [1.165, 1.54) is 44.9 Å². The molecule has 0 saturated heterocycles. The van der Waals surface area contributed by atoms with Gasteiger partial charge in [0.15, 0.2) is 0 Å². The van der Waals surface area contributed by atoms with Crippen LogP contribution in [0.15, 0.2) is 0 Å². The lowest BCUT2D eigenvalue weighted by Gasteiger charge is -2.10. The Morgan fingerprint density at radius 3 is 1.31 bits per heavy atom. The Kier molecular flexibility index (Phi) is 28.9. The highest BCUT2D eigenvalue weighted by Gasteiger charge is 2.12. The van der Waals surface area contributed by atoms with Gasteiger partial charge in [-0.15, -0.1) is 0 Å². The van der Waals surface area contributed by atoms with Crippen molar-refractivity contribution in [1.82, 2.24) is 0 Å². The molecule has 0 spiro atoms. The maximum absolute atomic E-state index is 11.4. The van der Waals surface area contributed by atoms with Gasteiger partial charge in [-0.3, -0.25) is 19.2 Å². The summed E-state index contributed by atoms with van der Waals surface area (Å²) in [6, 6.07) is 0. The summed E-state index contributed by atoms with van der Waals surface area (Å²) >= 11 is 0. The molecule has 1 atom stereocenters. The molecule has 1 unspecified atom stereocenters. The van der Waals surface area contributed by atoms with E-state index in [2.05, 4.69) is 13.8 Å². The first-order chi connectivity index (χ1) is 18.7. The molecule has 0 aliphatic carbocycles. The van der Waals surface area contributed by atoms with E-state index in [9.17, 15) is 19.2 Å². The third-order valence-corrected chi connectivity index (χ3v) is 5.82. The number of hydrogen-bond donors (Lipinski definition) is 0. The van der Waals surface area contributed by atoms with Crippen LogP contribution in [-0.2, 0) is 38.1 Å². The van der Waals surface area contributed by atoms with Crippen molar-refractivity contribution in [2.24, 2.45) is 5.92 Å². The molecule has 0 aromatic heterocycles. The fraction of sp³-hybridized carbons (Fsp3) is 0.871. The van der Waals surface area contributed by atoms with Gasteiger partial charge >= 0.3 is 23.9 Å². The van der Waals surface area contributed by atoms with Crippen LogP contribution in [0.25, 0.3) is 0 Å². The fourth-order valence-electron chi connectivity index (χ4n) is 3.21. The molecule has 0 N–H and O–H groups in total. The van der Waals surface area contributed by atoms with Crippen LogP contribution < -0.4 is 0 Å². The number of rotatable bonds is 23. The molecule has 0 aliphatic rings. The van der Waals surface area contributed by atoms with E-state index < -0.39 is 0 Å². The summed E-state index contributed by atoms with van der Waals surface area (Å²) < 4.78 is 20.2. The number of ether oxygens (including phenoxy) is 4. The van der Waals surface area contributed by atoms with E-state index in [0.29, 0.717) is 25.7 Å². The quantitative estimate of drug-likeness (QED) is 0.0721. The Labute approximate surface area is 238 Å². The molecule has 39 heavy (non-hydrogen) atoms. The molecule has 8 heteroatoms. The predicted octanol–water partition coefficient (Wildman–Crippen LogP) is 7.49. The molecule has 0 radical (unpaired) electrons. The van der Waals surface area contributed by atoms with Gasteiger partial charge in [0, 0.05) is 0 Å². The molecular formula is C31H58O8. The Morgan fingerprint density at radius 2 is 0.897 bits per heavy atom. The van der Waals surface area contributed by atoms with Gasteiger partial charge < -0.3 is 18.9 Å². The van der Waals surface area contributed by atoms with Crippen molar-refractivity contribution in [3.63, 3.8) is 0 Å². The second-order valence-electron chi connectivity index (χ2n) is 10.4. The highest BCUT2D eigenvalue weighted by atomic mass is 16.5. The van der Waals surface area contributed by atoms with E-state index in [1.54, 1.807) is 0 Å². The lowest BCUT2D eigenvalue weighted by Crippen LogP contribution is -2.15. The SMILES string of the molecule is CCCCCCCCOC(=O)CCC(=O)OC(C)CC.CCCCCCCOC(=O)CCC(=O)OCC(C)C. The number of hydrogen-bond acceptors (Lipinski definition) is 8. The summed E-state index contributed by atoms with van der Waals surface area (Å²) in [6.45, 7) is 13.4. The average Bonchev–Trinajstić information content (AvgIpc) is 2.91. The molecule has 0 aliphatic heterocycles. The summed E-state index contributed by atoms with van der Waals surface area (Å²) in [4.78, 5) is 45.4. The van der Waals surface area contributed by atoms with E-state index in [0.717, 1.165) is 32.1 Å². The van der Waals surface area contributed by atoms with E-state index in [-0.39, 0.29) is 55.7 Å². The number of esters is 4. The maximum atomic E-state index is 11.4. The lowest BCUT2D eigenvalue weighted by atomic mass is 10.1. The van der Waals surface area contributed by atoms with Crippen LogP contribution in [-0.4, -0.2) is 49.8 Å². The lowest BCUT2D eigenvalue weighted by molar-refractivity contribution is -0.153. The van der Waals surface area contributed by atoms with Crippen molar-refractivity contribution in [2.75, 3.05) is 19.8 Å². The van der Waals surface area contributed by atoms with E-state index >= 15 is 0 Å². The largest absolute Gasteiger partial charge is 0.466 e. The third kappa shape index (κ3) is 32.0.